The van der Waals surface area contributed by atoms with Crippen LogP contribution in [0.3, 0.4) is 0 Å². The summed E-state index contributed by atoms with van der Waals surface area (Å²) in [5, 5.41) is 10.4. The van der Waals surface area contributed by atoms with E-state index in [1.165, 1.54) is 0 Å². The Kier molecular flexibility index (Phi) is 8.73. The average molecular weight is 1140 g/mol. The number of fused-ring (bicyclic) bond motifs is 12. The van der Waals surface area contributed by atoms with Crippen LogP contribution in [-0.4, -0.2) is 0 Å². The molecule has 0 unspecified atom stereocenters. The third-order valence-electron chi connectivity index (χ3n) is 16.6. The summed E-state index contributed by atoms with van der Waals surface area (Å²) < 4.78 is 148. The van der Waals surface area contributed by atoms with Crippen LogP contribution in [0.1, 0.15) is 21.9 Å². The van der Waals surface area contributed by atoms with Crippen molar-refractivity contribution in [2.45, 2.75) is 0 Å². The van der Waals surface area contributed by atoms with Gasteiger partial charge in [-0.1, -0.05) is 285 Å². The van der Waals surface area contributed by atoms with Gasteiger partial charge < -0.3 is 0 Å². The third kappa shape index (κ3) is 8.40. The van der Waals surface area contributed by atoms with Crippen LogP contribution in [0, 0.1) is 0 Å². The fourth-order valence-electron chi connectivity index (χ4n) is 12.7. The van der Waals surface area contributed by atoms with Gasteiger partial charge in [0.15, 0.2) is 0 Å². The molecule has 0 amide bonds. The zero-order chi connectivity index (χ0) is 70.6. The number of hydrogen-bond donors (Lipinski definition) is 0. The van der Waals surface area contributed by atoms with Gasteiger partial charge >= 0.3 is 0 Å². The van der Waals surface area contributed by atoms with Crippen LogP contribution in [-0.2, 0) is 0 Å². The molecule has 2 aromatic heterocycles. The fourth-order valence-corrected chi connectivity index (χ4v) is 15.0. The second-order valence-corrected chi connectivity index (χ2v) is 23.5. The summed E-state index contributed by atoms with van der Waals surface area (Å²) >= 11 is 3.21. The molecule has 0 fully saturated rings. The molecule has 0 nitrogen and oxygen atoms in total. The summed E-state index contributed by atoms with van der Waals surface area (Å²) in [4.78, 5) is 0. The average Bonchev–Trinajstić information content (AvgIpc) is 0.757. The van der Waals surface area contributed by atoms with Crippen LogP contribution in [0.2, 0.25) is 0 Å². The summed E-state index contributed by atoms with van der Waals surface area (Å²) in [6, 6.07) is 66.3. The lowest BCUT2D eigenvalue weighted by atomic mass is 9.85. The first kappa shape index (κ1) is 36.3. The van der Waals surface area contributed by atoms with E-state index in [1.807, 2.05) is 140 Å². The highest BCUT2D eigenvalue weighted by atomic mass is 32.1. The highest BCUT2D eigenvalue weighted by Crippen LogP contribution is 2.48. The van der Waals surface area contributed by atoms with E-state index in [0.29, 0.717) is 44.5 Å². The van der Waals surface area contributed by atoms with Crippen LogP contribution in [0.5, 0.6) is 0 Å². The monoisotopic (exact) mass is 1140 g/mol. The molecular weight excluding hydrogens is 1070 g/mol. The Morgan fingerprint density at radius 2 is 0.535 bits per heavy atom. The van der Waals surface area contributed by atoms with Gasteiger partial charge in [0.1, 0.15) is 0 Å². The molecule has 0 spiro atoms. The lowest BCUT2D eigenvalue weighted by Crippen LogP contribution is -1.91. The van der Waals surface area contributed by atoms with Gasteiger partial charge in [0, 0.05) is 40.3 Å². The predicted octanol–water partition coefficient (Wildman–Crippen LogP) is 25.0. The number of hydrogen-bond acceptors (Lipinski definition) is 2. The summed E-state index contributed by atoms with van der Waals surface area (Å²) in [7, 11) is 0. The summed E-state index contributed by atoms with van der Waals surface area (Å²) in [5.74, 6) is 0. The molecule has 0 radical (unpaired) electrons. The molecule has 400 valence electrons. The number of rotatable bonds is 6. The fraction of sp³-hybridized carbons (Fsp3) is 0. The van der Waals surface area contributed by atoms with Crippen LogP contribution < -0.4 is 0 Å². The van der Waals surface area contributed by atoms with Gasteiger partial charge in [-0.2, -0.15) is 0 Å². The van der Waals surface area contributed by atoms with Crippen molar-refractivity contribution < 1.29 is 21.9 Å². The quantitative estimate of drug-likeness (QED) is 0.146. The molecule has 0 aliphatic carbocycles. The highest BCUT2D eigenvalue weighted by molar-refractivity contribution is 7.26. The molecule has 0 N–H and O–H groups in total. The van der Waals surface area contributed by atoms with Gasteiger partial charge in [-0.25, -0.2) is 0 Å². The molecule has 16 aromatic carbocycles. The first-order chi connectivity index (χ1) is 49.3. The van der Waals surface area contributed by atoms with E-state index in [9.17, 15) is 11.0 Å². The van der Waals surface area contributed by atoms with Crippen LogP contribution >= 0.6 is 22.7 Å². The van der Waals surface area contributed by atoms with Crippen molar-refractivity contribution in [3.8, 4) is 66.8 Å². The van der Waals surface area contributed by atoms with E-state index < -0.39 is 48.3 Å². The van der Waals surface area contributed by atoms with E-state index in [-0.39, 0.29) is 91.4 Å². The Balaban J connectivity index is 0.000000152. The molecule has 0 bridgehead atoms. The zero-order valence-electron chi connectivity index (χ0n) is 61.6. The Labute approximate surface area is 528 Å². The van der Waals surface area contributed by atoms with E-state index in [0.717, 1.165) is 84.1 Å². The molecule has 2 heterocycles. The van der Waals surface area contributed by atoms with Crippen molar-refractivity contribution in [3.63, 3.8) is 0 Å². The Bertz CT molecular complexity index is 6530. The Morgan fingerprint density at radius 3 is 1.01 bits per heavy atom. The minimum Gasteiger partial charge on any atom is -0.135 e. The summed E-state index contributed by atoms with van der Waals surface area (Å²) in [6.45, 7) is 0. The molecule has 0 aliphatic heterocycles. The largest absolute Gasteiger partial charge is 0.135 e. The van der Waals surface area contributed by atoms with E-state index in [4.69, 9.17) is 11.0 Å². The predicted molar refractivity (Wildman–Crippen MR) is 376 cm³/mol. The van der Waals surface area contributed by atoms with Crippen LogP contribution in [0.25, 0.3) is 172 Å². The molecule has 86 heavy (non-hydrogen) atoms. The first-order valence-electron chi connectivity index (χ1n) is 36.2. The van der Waals surface area contributed by atoms with E-state index in [2.05, 4.69) is 78.9 Å². The van der Waals surface area contributed by atoms with Gasteiger partial charge in [-0.15, -0.1) is 22.7 Å². The molecule has 0 aliphatic rings. The molecule has 2 heteroatoms. The van der Waals surface area contributed by atoms with E-state index >= 15 is 0 Å². The molecular formula is C84H52S2. The molecule has 0 saturated carbocycles. The normalized spacial score (nSPS) is 14.3. The highest BCUT2D eigenvalue weighted by Gasteiger charge is 2.20. The van der Waals surface area contributed by atoms with Gasteiger partial charge in [-0.3, -0.25) is 0 Å². The van der Waals surface area contributed by atoms with Crippen molar-refractivity contribution in [2.75, 3.05) is 0 Å². The minimum absolute atomic E-state index is 0.211. The molecule has 18 aromatic rings. The van der Waals surface area contributed by atoms with Crippen molar-refractivity contribution in [2.24, 2.45) is 0 Å². The SMILES string of the molecule is [2H]c1c([2H])c([2H])c2c(-c3ccc4c(c3)sc3ccccc34)c3c([2H])c([2H])c([2H])c([2H])c3c(-c3ccc(-c4ccc5ccccc5c4)cc3)c2c1[2H].[2H]c1c([2H])c([2H])c2c(-c3ccc4c(c3)sc3ccccc34)c3c([2H])c([2H])c([2H])c([2H])c3c(-c3ccc(-c4cccc5ccccc45)cc3)c2c1[2H]. The first-order valence-corrected chi connectivity index (χ1v) is 29.9. The summed E-state index contributed by atoms with van der Waals surface area (Å²) in [5.41, 5.74) is 7.70. The van der Waals surface area contributed by atoms with Crippen molar-refractivity contribution in [3.05, 3.63) is 315 Å². The smallest absolute Gasteiger partial charge is 0.0629 e. The lowest BCUT2D eigenvalue weighted by molar-refractivity contribution is 1.63. The number of thiophene rings is 2. The second-order valence-electron chi connectivity index (χ2n) is 21.4. The maximum atomic E-state index is 9.26. The lowest BCUT2D eigenvalue weighted by Gasteiger charge is -2.18. The van der Waals surface area contributed by atoms with Gasteiger partial charge in [0.25, 0.3) is 0 Å². The van der Waals surface area contributed by atoms with Crippen molar-refractivity contribution in [1.82, 2.24) is 0 Å². The summed E-state index contributed by atoms with van der Waals surface area (Å²) in [6.07, 6.45) is 0. The van der Waals surface area contributed by atoms with Crippen molar-refractivity contribution >= 4 is 128 Å². The molecule has 0 atom stereocenters. The standard InChI is InChI=1S/2C42H26S/c1-2-12-31-27(10-1)11-9-18-32(31)28-20-22-29(23-21-28)41-35-14-3-5-16-37(35)42(38-17-6-4-15-36(38)41)30-24-25-34-33-13-7-8-19-39(33)43-40(34)26-30;1-2-10-30-25-31(22-19-27(30)9-1)28-17-20-29(21-18-28)41-35-12-3-5-14-37(35)42(38-15-6-4-13-36(38)41)32-23-24-34-33-11-7-8-16-39(33)43-40(34)26-32/h2*1-26H/i3D,4D,5D,6D,14D,15D,16D,17D;3D,4D,5D,6D,12D,13D,14D,15D. The van der Waals surface area contributed by atoms with Crippen molar-refractivity contribution in [1.29, 1.82) is 0 Å². The Morgan fingerprint density at radius 1 is 0.198 bits per heavy atom. The van der Waals surface area contributed by atoms with Gasteiger partial charge in [0.2, 0.25) is 0 Å². The second kappa shape index (κ2) is 20.7. The Hall–Kier alpha value is -10.5. The van der Waals surface area contributed by atoms with E-state index in [1.54, 1.807) is 22.7 Å². The number of benzene rings is 16. The minimum atomic E-state index is -0.410. The maximum Gasteiger partial charge on any atom is 0.0629 e. The van der Waals surface area contributed by atoms with Gasteiger partial charge in [0.05, 0.1) is 21.9 Å². The third-order valence-corrected chi connectivity index (χ3v) is 18.9. The topological polar surface area (TPSA) is 0 Å². The molecule has 0 saturated heterocycles. The van der Waals surface area contributed by atoms with Crippen LogP contribution in [0.4, 0.5) is 0 Å². The van der Waals surface area contributed by atoms with Gasteiger partial charge in [-0.05, 0) is 162 Å². The maximum absolute atomic E-state index is 9.26. The zero-order valence-corrected chi connectivity index (χ0v) is 47.2. The van der Waals surface area contributed by atoms with Crippen LogP contribution in [0.15, 0.2) is 315 Å². The molecule has 18 rings (SSSR count).